The van der Waals surface area contributed by atoms with Gasteiger partial charge in [-0.15, -0.1) is 0 Å². The van der Waals surface area contributed by atoms with Crippen molar-refractivity contribution in [1.82, 2.24) is 5.32 Å². The zero-order chi connectivity index (χ0) is 15.5. The SMILES string of the molecule is Cc1cccc(OCCCSCCC(NC=O)C(=O)O)c1. The Balaban J connectivity index is 2.06. The molecule has 0 aromatic heterocycles. The lowest BCUT2D eigenvalue weighted by Gasteiger charge is -2.10. The molecule has 6 heteroatoms. The molecule has 2 N–H and O–H groups in total. The largest absolute Gasteiger partial charge is 0.494 e. The summed E-state index contributed by atoms with van der Waals surface area (Å²) in [4.78, 5) is 21.0. The van der Waals surface area contributed by atoms with Crippen LogP contribution in [0.25, 0.3) is 0 Å². The molecule has 1 amide bonds. The van der Waals surface area contributed by atoms with E-state index in [1.807, 2.05) is 31.2 Å². The summed E-state index contributed by atoms with van der Waals surface area (Å²) in [7, 11) is 0. The first-order valence-electron chi connectivity index (χ1n) is 6.83. The van der Waals surface area contributed by atoms with Crippen molar-refractivity contribution in [3.8, 4) is 5.75 Å². The molecule has 5 nitrogen and oxygen atoms in total. The summed E-state index contributed by atoms with van der Waals surface area (Å²) < 4.78 is 5.63. The molecule has 0 aliphatic heterocycles. The van der Waals surface area contributed by atoms with Crippen molar-refractivity contribution < 1.29 is 19.4 Å². The summed E-state index contributed by atoms with van der Waals surface area (Å²) in [6.45, 7) is 2.67. The Morgan fingerprint density at radius 2 is 2.29 bits per heavy atom. The summed E-state index contributed by atoms with van der Waals surface area (Å²) in [5, 5.41) is 11.1. The molecule has 0 spiro atoms. The highest BCUT2D eigenvalue weighted by atomic mass is 32.2. The standard InChI is InChI=1S/C15H21NO4S/c1-12-4-2-5-13(10-12)20-7-3-8-21-9-6-14(15(18)19)16-11-17/h2,4-5,10-11,14H,3,6-9H2,1H3,(H,16,17)(H,18,19). The van der Waals surface area contributed by atoms with Crippen LogP contribution in [0.2, 0.25) is 0 Å². The van der Waals surface area contributed by atoms with Gasteiger partial charge < -0.3 is 15.2 Å². The second kappa shape index (κ2) is 10.1. The van der Waals surface area contributed by atoms with Crippen molar-refractivity contribution in [1.29, 1.82) is 0 Å². The minimum absolute atomic E-state index is 0.428. The molecule has 0 bridgehead atoms. The molecule has 21 heavy (non-hydrogen) atoms. The lowest BCUT2D eigenvalue weighted by Crippen LogP contribution is -2.36. The fourth-order valence-electron chi connectivity index (χ4n) is 1.72. The molecule has 1 aromatic carbocycles. The predicted octanol–water partition coefficient (Wildman–Crippen LogP) is 2.09. The maximum Gasteiger partial charge on any atom is 0.326 e. The van der Waals surface area contributed by atoms with E-state index < -0.39 is 12.0 Å². The van der Waals surface area contributed by atoms with Crippen LogP contribution in [0.4, 0.5) is 0 Å². The lowest BCUT2D eigenvalue weighted by atomic mass is 10.2. The summed E-state index contributed by atoms with van der Waals surface area (Å²) in [6, 6.07) is 7.12. The highest BCUT2D eigenvalue weighted by Crippen LogP contribution is 2.13. The Bertz CT molecular complexity index is 453. The average molecular weight is 311 g/mol. The number of nitrogens with one attached hydrogen (secondary N) is 1. The van der Waals surface area contributed by atoms with Gasteiger partial charge in [-0.3, -0.25) is 4.79 Å². The third-order valence-corrected chi connectivity index (χ3v) is 3.91. The molecule has 0 aliphatic rings. The molecule has 0 heterocycles. The molecule has 0 aliphatic carbocycles. The van der Waals surface area contributed by atoms with Gasteiger partial charge in [-0.05, 0) is 49.0 Å². The van der Waals surface area contributed by atoms with Gasteiger partial charge in [0.2, 0.25) is 6.41 Å². The van der Waals surface area contributed by atoms with Gasteiger partial charge in [-0.25, -0.2) is 4.79 Å². The van der Waals surface area contributed by atoms with E-state index in [0.717, 1.165) is 17.9 Å². The number of carbonyl (C=O) groups excluding carboxylic acids is 1. The van der Waals surface area contributed by atoms with Crippen LogP contribution in [0.3, 0.4) is 0 Å². The quantitative estimate of drug-likeness (QED) is 0.483. The maximum atomic E-state index is 10.8. The van der Waals surface area contributed by atoms with E-state index in [-0.39, 0.29) is 0 Å². The molecule has 0 fully saturated rings. The Labute approximate surface area is 129 Å². The maximum absolute atomic E-state index is 10.8. The van der Waals surface area contributed by atoms with Crippen molar-refractivity contribution in [2.45, 2.75) is 25.8 Å². The number of aliphatic carboxylic acids is 1. The van der Waals surface area contributed by atoms with E-state index >= 15 is 0 Å². The van der Waals surface area contributed by atoms with Crippen LogP contribution in [0.5, 0.6) is 5.75 Å². The second-order valence-corrected chi connectivity index (χ2v) is 5.82. The molecular weight excluding hydrogens is 290 g/mol. The van der Waals surface area contributed by atoms with Crippen molar-refractivity contribution in [2.75, 3.05) is 18.1 Å². The average Bonchev–Trinajstić information content (AvgIpc) is 2.45. The van der Waals surface area contributed by atoms with Crippen molar-refractivity contribution >= 4 is 24.1 Å². The first-order valence-corrected chi connectivity index (χ1v) is 7.98. The normalized spacial score (nSPS) is 11.7. The molecule has 1 atom stereocenters. The van der Waals surface area contributed by atoms with Crippen LogP contribution >= 0.6 is 11.8 Å². The molecular formula is C15H21NO4S. The zero-order valence-corrected chi connectivity index (χ0v) is 12.9. The van der Waals surface area contributed by atoms with Gasteiger partial charge >= 0.3 is 5.97 Å². The smallest absolute Gasteiger partial charge is 0.326 e. The first kappa shape index (κ1) is 17.4. The first-order chi connectivity index (χ1) is 10.1. The molecule has 0 saturated carbocycles. The number of carbonyl (C=O) groups is 2. The number of hydrogen-bond acceptors (Lipinski definition) is 4. The number of thioether (sulfide) groups is 1. The Morgan fingerprint density at radius 1 is 1.48 bits per heavy atom. The Kier molecular flexibility index (Phi) is 8.35. The Hall–Kier alpha value is -1.69. The third kappa shape index (κ3) is 7.60. The van der Waals surface area contributed by atoms with Gasteiger partial charge in [0.25, 0.3) is 0 Å². The molecule has 0 saturated heterocycles. The summed E-state index contributed by atoms with van der Waals surface area (Å²) in [5.41, 5.74) is 1.17. The lowest BCUT2D eigenvalue weighted by molar-refractivity contribution is -0.140. The van der Waals surface area contributed by atoms with Gasteiger partial charge in [-0.1, -0.05) is 12.1 Å². The number of ether oxygens (including phenoxy) is 1. The zero-order valence-electron chi connectivity index (χ0n) is 12.1. The van der Waals surface area contributed by atoms with Crippen molar-refractivity contribution in [2.24, 2.45) is 0 Å². The number of hydrogen-bond donors (Lipinski definition) is 2. The van der Waals surface area contributed by atoms with E-state index in [9.17, 15) is 9.59 Å². The number of rotatable bonds is 11. The summed E-state index contributed by atoms with van der Waals surface area (Å²) in [6.07, 6.45) is 1.76. The van der Waals surface area contributed by atoms with Gasteiger partial charge in [0.15, 0.2) is 0 Å². The van der Waals surface area contributed by atoms with Crippen LogP contribution in [-0.4, -0.2) is 41.6 Å². The Morgan fingerprint density at radius 3 is 2.95 bits per heavy atom. The molecule has 0 radical (unpaired) electrons. The molecule has 1 aromatic rings. The monoisotopic (exact) mass is 311 g/mol. The topological polar surface area (TPSA) is 75.6 Å². The molecule has 1 unspecified atom stereocenters. The van der Waals surface area contributed by atoms with Crippen LogP contribution in [0, 0.1) is 6.92 Å². The van der Waals surface area contributed by atoms with E-state index in [2.05, 4.69) is 5.32 Å². The molecule has 1 rings (SSSR count). The fourth-order valence-corrected chi connectivity index (χ4v) is 2.65. The number of benzene rings is 1. The van der Waals surface area contributed by atoms with Crippen molar-refractivity contribution in [3.05, 3.63) is 29.8 Å². The predicted molar refractivity (Wildman–Crippen MR) is 83.9 cm³/mol. The van der Waals surface area contributed by atoms with Crippen molar-refractivity contribution in [3.63, 3.8) is 0 Å². The van der Waals surface area contributed by atoms with Crippen LogP contribution in [-0.2, 0) is 9.59 Å². The number of aryl methyl sites for hydroxylation is 1. The van der Waals surface area contributed by atoms with Gasteiger partial charge in [0, 0.05) is 0 Å². The van der Waals surface area contributed by atoms with E-state index in [4.69, 9.17) is 9.84 Å². The highest BCUT2D eigenvalue weighted by Gasteiger charge is 2.15. The van der Waals surface area contributed by atoms with Crippen LogP contribution < -0.4 is 10.1 Å². The second-order valence-electron chi connectivity index (χ2n) is 4.59. The fraction of sp³-hybridized carbons (Fsp3) is 0.467. The third-order valence-electron chi connectivity index (χ3n) is 2.81. The van der Waals surface area contributed by atoms with Crippen LogP contribution in [0.15, 0.2) is 24.3 Å². The van der Waals surface area contributed by atoms with E-state index in [0.29, 0.717) is 25.2 Å². The minimum atomic E-state index is -0.995. The minimum Gasteiger partial charge on any atom is -0.494 e. The van der Waals surface area contributed by atoms with Gasteiger partial charge in [-0.2, -0.15) is 11.8 Å². The van der Waals surface area contributed by atoms with Crippen LogP contribution in [0.1, 0.15) is 18.4 Å². The number of carboxylic acid groups (broad SMARTS) is 1. The summed E-state index contributed by atoms with van der Waals surface area (Å²) in [5.74, 6) is 1.48. The van der Waals surface area contributed by atoms with E-state index in [1.165, 1.54) is 5.56 Å². The molecule has 116 valence electrons. The van der Waals surface area contributed by atoms with E-state index in [1.54, 1.807) is 11.8 Å². The summed E-state index contributed by atoms with van der Waals surface area (Å²) >= 11 is 1.66. The number of amides is 1. The highest BCUT2D eigenvalue weighted by molar-refractivity contribution is 7.99. The van der Waals surface area contributed by atoms with Gasteiger partial charge in [0.1, 0.15) is 11.8 Å². The van der Waals surface area contributed by atoms with Gasteiger partial charge in [0.05, 0.1) is 6.61 Å². The number of carboxylic acids is 1.